The molecule has 0 aliphatic heterocycles. The summed E-state index contributed by atoms with van der Waals surface area (Å²) in [6, 6.07) is 13.6. The van der Waals surface area contributed by atoms with Crippen LogP contribution in [0.5, 0.6) is 11.5 Å². The third kappa shape index (κ3) is 4.10. The number of carbonyl (C=O) groups is 1. The maximum absolute atomic E-state index is 10.4. The summed E-state index contributed by atoms with van der Waals surface area (Å²) in [7, 11) is 0. The molecule has 4 heteroatoms. The first-order chi connectivity index (χ1) is 9.67. The van der Waals surface area contributed by atoms with Crippen LogP contribution in [-0.2, 0) is 17.6 Å². The van der Waals surface area contributed by atoms with Gasteiger partial charge in [-0.15, -0.1) is 0 Å². The zero-order chi connectivity index (χ0) is 14.4. The quantitative estimate of drug-likeness (QED) is 0.624. The molecule has 0 fully saturated rings. The highest BCUT2D eigenvalue weighted by Gasteiger charge is 2.07. The Kier molecular flexibility index (Phi) is 4.74. The van der Waals surface area contributed by atoms with Crippen molar-refractivity contribution in [1.29, 1.82) is 0 Å². The number of ether oxygens (including phenoxy) is 1. The van der Waals surface area contributed by atoms with Gasteiger partial charge in [0, 0.05) is 12.8 Å². The minimum absolute atomic E-state index is 0.190. The Hall–Kier alpha value is -2.33. The molecule has 20 heavy (non-hydrogen) atoms. The summed E-state index contributed by atoms with van der Waals surface area (Å²) in [6.45, 7) is 0. The van der Waals surface area contributed by atoms with E-state index in [0.717, 1.165) is 17.4 Å². The highest BCUT2D eigenvalue weighted by Crippen LogP contribution is 2.16. The third-order valence-electron chi connectivity index (χ3n) is 2.86. The SMILES string of the molecule is O=CCc1ccc(OC(O)Cc2ccc(O)cc2)cc1. The van der Waals surface area contributed by atoms with Crippen LogP contribution in [0.15, 0.2) is 48.5 Å². The number of benzene rings is 2. The van der Waals surface area contributed by atoms with Gasteiger partial charge in [0.25, 0.3) is 0 Å². The van der Waals surface area contributed by atoms with Crippen molar-refractivity contribution < 1.29 is 19.7 Å². The molecule has 2 rings (SSSR count). The molecule has 0 aromatic heterocycles. The van der Waals surface area contributed by atoms with Crippen molar-refractivity contribution in [2.24, 2.45) is 0 Å². The zero-order valence-electron chi connectivity index (χ0n) is 10.9. The molecule has 0 saturated heterocycles. The van der Waals surface area contributed by atoms with Gasteiger partial charge in [0.1, 0.15) is 17.8 Å². The molecule has 1 unspecified atom stereocenters. The van der Waals surface area contributed by atoms with E-state index in [1.807, 2.05) is 0 Å². The number of phenolic OH excluding ortho intramolecular Hbond substituents is 1. The number of rotatable bonds is 6. The van der Waals surface area contributed by atoms with Crippen molar-refractivity contribution in [3.63, 3.8) is 0 Å². The predicted molar refractivity (Wildman–Crippen MR) is 74.7 cm³/mol. The van der Waals surface area contributed by atoms with Gasteiger partial charge < -0.3 is 19.7 Å². The Labute approximate surface area is 117 Å². The van der Waals surface area contributed by atoms with Crippen LogP contribution in [0.1, 0.15) is 11.1 Å². The summed E-state index contributed by atoms with van der Waals surface area (Å²) in [5, 5.41) is 19.0. The molecule has 2 N–H and O–H groups in total. The average Bonchev–Trinajstić information content (AvgIpc) is 2.44. The van der Waals surface area contributed by atoms with Gasteiger partial charge in [-0.2, -0.15) is 0 Å². The van der Waals surface area contributed by atoms with Crippen molar-refractivity contribution in [3.8, 4) is 11.5 Å². The first kappa shape index (κ1) is 14.1. The van der Waals surface area contributed by atoms with Crippen LogP contribution in [-0.4, -0.2) is 22.8 Å². The van der Waals surface area contributed by atoms with Gasteiger partial charge in [-0.1, -0.05) is 24.3 Å². The van der Waals surface area contributed by atoms with Crippen LogP contribution in [0.4, 0.5) is 0 Å². The number of phenols is 1. The monoisotopic (exact) mass is 272 g/mol. The molecule has 104 valence electrons. The van der Waals surface area contributed by atoms with E-state index < -0.39 is 6.29 Å². The maximum Gasteiger partial charge on any atom is 0.201 e. The van der Waals surface area contributed by atoms with E-state index in [0.29, 0.717) is 18.6 Å². The fourth-order valence-electron chi connectivity index (χ4n) is 1.83. The van der Waals surface area contributed by atoms with Crippen LogP contribution in [0.2, 0.25) is 0 Å². The molecule has 0 amide bonds. The molecule has 0 spiro atoms. The van der Waals surface area contributed by atoms with Crippen molar-refractivity contribution in [3.05, 3.63) is 59.7 Å². The third-order valence-corrected chi connectivity index (χ3v) is 2.86. The summed E-state index contributed by atoms with van der Waals surface area (Å²) in [6.07, 6.45) is 0.582. The maximum atomic E-state index is 10.4. The van der Waals surface area contributed by atoms with Gasteiger partial charge in [0.15, 0.2) is 0 Å². The number of aliphatic hydroxyl groups excluding tert-OH is 1. The number of carbonyl (C=O) groups excluding carboxylic acids is 1. The second-order valence-corrected chi connectivity index (χ2v) is 4.46. The lowest BCUT2D eigenvalue weighted by Gasteiger charge is -2.13. The van der Waals surface area contributed by atoms with Crippen LogP contribution < -0.4 is 4.74 Å². The van der Waals surface area contributed by atoms with Gasteiger partial charge in [-0.05, 0) is 35.4 Å². The molecule has 1 atom stereocenters. The largest absolute Gasteiger partial charge is 0.508 e. The highest BCUT2D eigenvalue weighted by atomic mass is 16.6. The van der Waals surface area contributed by atoms with Crippen LogP contribution >= 0.6 is 0 Å². The number of aliphatic hydroxyl groups is 1. The van der Waals surface area contributed by atoms with E-state index in [-0.39, 0.29) is 5.75 Å². The summed E-state index contributed by atoms with van der Waals surface area (Å²) < 4.78 is 5.39. The number of aldehydes is 1. The molecule has 0 aliphatic rings. The van der Waals surface area contributed by atoms with Gasteiger partial charge >= 0.3 is 0 Å². The van der Waals surface area contributed by atoms with E-state index in [2.05, 4.69) is 0 Å². The van der Waals surface area contributed by atoms with E-state index >= 15 is 0 Å². The van der Waals surface area contributed by atoms with Crippen molar-refractivity contribution in [2.45, 2.75) is 19.1 Å². The van der Waals surface area contributed by atoms with Crippen molar-refractivity contribution in [2.75, 3.05) is 0 Å². The first-order valence-electron chi connectivity index (χ1n) is 6.32. The number of aromatic hydroxyl groups is 1. The molecule has 0 radical (unpaired) electrons. The smallest absolute Gasteiger partial charge is 0.201 e. The summed E-state index contributed by atoms with van der Waals surface area (Å²) in [5.41, 5.74) is 1.77. The first-order valence-corrected chi connectivity index (χ1v) is 6.32. The molecular formula is C16H16O4. The standard InChI is InChI=1S/C16H16O4/c17-10-9-12-3-7-15(8-4-12)20-16(19)11-13-1-5-14(18)6-2-13/h1-8,10,16,18-19H,9,11H2. The Bertz CT molecular complexity index is 546. The van der Waals surface area contributed by atoms with E-state index in [1.54, 1.807) is 48.5 Å². The normalized spacial score (nSPS) is 11.8. The van der Waals surface area contributed by atoms with Crippen LogP contribution in [0, 0.1) is 0 Å². The summed E-state index contributed by atoms with van der Waals surface area (Å²) in [4.78, 5) is 10.4. The topological polar surface area (TPSA) is 66.8 Å². The predicted octanol–water partition coefficient (Wildman–Crippen LogP) is 2.07. The van der Waals surface area contributed by atoms with Crippen molar-refractivity contribution >= 4 is 6.29 Å². The fraction of sp³-hybridized carbons (Fsp3) is 0.188. The molecule has 0 aliphatic carbocycles. The van der Waals surface area contributed by atoms with E-state index in [9.17, 15) is 15.0 Å². The highest BCUT2D eigenvalue weighted by molar-refractivity contribution is 5.55. The van der Waals surface area contributed by atoms with Gasteiger partial charge in [-0.3, -0.25) is 0 Å². The second kappa shape index (κ2) is 6.73. The molecular weight excluding hydrogens is 256 g/mol. The minimum Gasteiger partial charge on any atom is -0.508 e. The summed E-state index contributed by atoms with van der Waals surface area (Å²) >= 11 is 0. The number of hydrogen-bond donors (Lipinski definition) is 2. The second-order valence-electron chi connectivity index (χ2n) is 4.46. The van der Waals surface area contributed by atoms with E-state index in [4.69, 9.17) is 4.74 Å². The van der Waals surface area contributed by atoms with Crippen molar-refractivity contribution in [1.82, 2.24) is 0 Å². The zero-order valence-corrected chi connectivity index (χ0v) is 10.9. The van der Waals surface area contributed by atoms with Gasteiger partial charge in [0.2, 0.25) is 6.29 Å². The minimum atomic E-state index is -0.962. The summed E-state index contributed by atoms with van der Waals surface area (Å²) in [5.74, 6) is 0.737. The van der Waals surface area contributed by atoms with Gasteiger partial charge in [0.05, 0.1) is 0 Å². The average molecular weight is 272 g/mol. The Morgan fingerprint density at radius 2 is 1.60 bits per heavy atom. The Morgan fingerprint density at radius 1 is 1.00 bits per heavy atom. The molecule has 2 aromatic carbocycles. The molecule has 0 heterocycles. The Balaban J connectivity index is 1.91. The fourth-order valence-corrected chi connectivity index (χ4v) is 1.83. The molecule has 0 bridgehead atoms. The molecule has 2 aromatic rings. The number of hydrogen-bond acceptors (Lipinski definition) is 4. The molecule has 0 saturated carbocycles. The van der Waals surface area contributed by atoms with E-state index in [1.165, 1.54) is 0 Å². The lowest BCUT2D eigenvalue weighted by molar-refractivity contribution is -0.107. The van der Waals surface area contributed by atoms with Crippen LogP contribution in [0.25, 0.3) is 0 Å². The van der Waals surface area contributed by atoms with Crippen LogP contribution in [0.3, 0.4) is 0 Å². The molecule has 4 nitrogen and oxygen atoms in total. The Morgan fingerprint density at radius 3 is 2.20 bits per heavy atom. The van der Waals surface area contributed by atoms with Gasteiger partial charge in [-0.25, -0.2) is 0 Å². The lowest BCUT2D eigenvalue weighted by Crippen LogP contribution is -2.18. The lowest BCUT2D eigenvalue weighted by atomic mass is 10.1.